The van der Waals surface area contributed by atoms with Gasteiger partial charge < -0.3 is 29.9 Å². The minimum Gasteiger partial charge on any atom is -0.395 e. The Morgan fingerprint density at radius 2 is 2.06 bits per heavy atom. The summed E-state index contributed by atoms with van der Waals surface area (Å²) in [6, 6.07) is 3.89. The second kappa shape index (κ2) is 10.1. The number of nitrogens with zero attached hydrogens (tertiary/aromatic N) is 5. The maximum atomic E-state index is 12.5. The van der Waals surface area contributed by atoms with Crippen LogP contribution in [0.2, 0.25) is 0 Å². The summed E-state index contributed by atoms with van der Waals surface area (Å²) < 4.78 is 7.49. The highest BCUT2D eigenvalue weighted by atomic mass is 16.5. The molecule has 0 atom stereocenters. The SMILES string of the molecule is COC1CCN(c2nccc(Nc3cc4c(cn3)c(C(=O)NCCO)cn4C(C)C)n2)CC1. The number of anilines is 3. The zero-order valence-electron chi connectivity index (χ0n) is 19.3. The predicted octanol–water partition coefficient (Wildman–Crippen LogP) is 2.49. The number of ether oxygens (including phenoxy) is 1. The molecule has 0 spiro atoms. The van der Waals surface area contributed by atoms with Crippen molar-refractivity contribution in [1.82, 2.24) is 24.8 Å². The molecule has 10 nitrogen and oxygen atoms in total. The van der Waals surface area contributed by atoms with Crippen LogP contribution in [0.4, 0.5) is 17.6 Å². The average Bonchev–Trinajstić information content (AvgIpc) is 3.22. The van der Waals surface area contributed by atoms with Crippen LogP contribution < -0.4 is 15.5 Å². The van der Waals surface area contributed by atoms with Crippen molar-refractivity contribution in [1.29, 1.82) is 0 Å². The van der Waals surface area contributed by atoms with Crippen molar-refractivity contribution in [2.75, 3.05) is 43.6 Å². The third-order valence-corrected chi connectivity index (χ3v) is 5.87. The standard InChI is InChI=1S/C23H31N7O3/c1-15(2)30-14-18(22(32)24-8-11-31)17-13-26-21(12-19(17)30)27-20-4-7-25-23(28-20)29-9-5-16(33-3)6-10-29/h4,7,12-16,31H,5-6,8-11H2,1-3H3,(H,24,32)(H,25,26,27,28). The fourth-order valence-corrected chi connectivity index (χ4v) is 4.08. The highest BCUT2D eigenvalue weighted by Gasteiger charge is 2.21. The number of methoxy groups -OCH3 is 1. The van der Waals surface area contributed by atoms with E-state index in [-0.39, 0.29) is 25.1 Å². The highest BCUT2D eigenvalue weighted by molar-refractivity contribution is 6.07. The van der Waals surface area contributed by atoms with Gasteiger partial charge in [0.2, 0.25) is 5.95 Å². The smallest absolute Gasteiger partial charge is 0.253 e. The van der Waals surface area contributed by atoms with Gasteiger partial charge in [-0.25, -0.2) is 9.97 Å². The van der Waals surface area contributed by atoms with Crippen LogP contribution in [0, 0.1) is 0 Å². The van der Waals surface area contributed by atoms with Crippen LogP contribution in [0.3, 0.4) is 0 Å². The van der Waals surface area contributed by atoms with E-state index < -0.39 is 0 Å². The molecular formula is C23H31N7O3. The number of carbonyl (C=O) groups is 1. The molecule has 1 amide bonds. The molecule has 3 aromatic heterocycles. The van der Waals surface area contributed by atoms with E-state index in [1.807, 2.05) is 22.9 Å². The molecule has 0 radical (unpaired) electrons. The molecule has 0 aliphatic carbocycles. The van der Waals surface area contributed by atoms with Gasteiger partial charge in [0.25, 0.3) is 5.91 Å². The van der Waals surface area contributed by atoms with Gasteiger partial charge in [0.15, 0.2) is 0 Å². The largest absolute Gasteiger partial charge is 0.395 e. The number of aliphatic hydroxyl groups excluding tert-OH is 1. The molecule has 33 heavy (non-hydrogen) atoms. The van der Waals surface area contributed by atoms with Gasteiger partial charge in [-0.3, -0.25) is 4.79 Å². The molecular weight excluding hydrogens is 422 g/mol. The predicted molar refractivity (Wildman–Crippen MR) is 127 cm³/mol. The summed E-state index contributed by atoms with van der Waals surface area (Å²) in [6.07, 6.45) is 7.48. The third kappa shape index (κ3) is 5.07. The van der Waals surface area contributed by atoms with E-state index in [1.165, 1.54) is 0 Å². The Labute approximate surface area is 193 Å². The zero-order valence-corrected chi connectivity index (χ0v) is 19.3. The number of piperidine rings is 1. The van der Waals surface area contributed by atoms with Crippen molar-refractivity contribution in [2.24, 2.45) is 0 Å². The number of rotatable bonds is 8. The average molecular weight is 454 g/mol. The molecule has 176 valence electrons. The molecule has 0 aromatic carbocycles. The Morgan fingerprint density at radius 3 is 2.76 bits per heavy atom. The van der Waals surface area contributed by atoms with Crippen LogP contribution in [0.1, 0.15) is 43.1 Å². The maximum Gasteiger partial charge on any atom is 0.253 e. The summed E-state index contributed by atoms with van der Waals surface area (Å²) in [7, 11) is 1.76. The molecule has 0 saturated carbocycles. The highest BCUT2D eigenvalue weighted by Crippen LogP contribution is 2.27. The lowest BCUT2D eigenvalue weighted by Crippen LogP contribution is -2.37. The van der Waals surface area contributed by atoms with Crippen LogP contribution in [0.15, 0.2) is 30.7 Å². The molecule has 0 unspecified atom stereocenters. The first-order valence-electron chi connectivity index (χ1n) is 11.3. The summed E-state index contributed by atoms with van der Waals surface area (Å²) in [5, 5.41) is 15.8. The van der Waals surface area contributed by atoms with Crippen LogP contribution in [-0.2, 0) is 4.74 Å². The molecule has 4 rings (SSSR count). The van der Waals surface area contributed by atoms with Crippen molar-refractivity contribution in [3.8, 4) is 0 Å². The monoisotopic (exact) mass is 453 g/mol. The van der Waals surface area contributed by atoms with Gasteiger partial charge in [0.1, 0.15) is 11.6 Å². The Morgan fingerprint density at radius 1 is 1.27 bits per heavy atom. The second-order valence-corrected chi connectivity index (χ2v) is 8.40. The van der Waals surface area contributed by atoms with Gasteiger partial charge >= 0.3 is 0 Å². The molecule has 1 saturated heterocycles. The van der Waals surface area contributed by atoms with E-state index in [4.69, 9.17) is 9.84 Å². The van der Waals surface area contributed by atoms with E-state index in [2.05, 4.69) is 44.3 Å². The first-order chi connectivity index (χ1) is 16.0. The Hall–Kier alpha value is -3.24. The number of fused-ring (bicyclic) bond motifs is 1. The lowest BCUT2D eigenvalue weighted by atomic mass is 10.1. The minimum absolute atomic E-state index is 0.105. The number of aromatic nitrogens is 4. The molecule has 1 aliphatic heterocycles. The van der Waals surface area contributed by atoms with E-state index >= 15 is 0 Å². The Balaban J connectivity index is 1.57. The van der Waals surface area contributed by atoms with Crippen molar-refractivity contribution >= 4 is 34.4 Å². The number of aliphatic hydroxyl groups is 1. The number of hydrogen-bond acceptors (Lipinski definition) is 8. The molecule has 3 N–H and O–H groups in total. The Kier molecular flexibility index (Phi) is 7.05. The molecule has 3 aromatic rings. The van der Waals surface area contributed by atoms with Crippen molar-refractivity contribution in [2.45, 2.75) is 38.8 Å². The summed E-state index contributed by atoms with van der Waals surface area (Å²) in [5.41, 5.74) is 1.43. The third-order valence-electron chi connectivity index (χ3n) is 5.87. The summed E-state index contributed by atoms with van der Waals surface area (Å²) in [5.74, 6) is 1.74. The zero-order chi connectivity index (χ0) is 23.4. The van der Waals surface area contributed by atoms with Crippen LogP contribution >= 0.6 is 0 Å². The minimum atomic E-state index is -0.228. The number of amides is 1. The van der Waals surface area contributed by atoms with Crippen molar-refractivity contribution in [3.63, 3.8) is 0 Å². The first kappa shape index (κ1) is 22.9. The number of pyridine rings is 1. The molecule has 0 bridgehead atoms. The van der Waals surface area contributed by atoms with E-state index in [9.17, 15) is 4.79 Å². The number of hydrogen-bond donors (Lipinski definition) is 3. The lowest BCUT2D eigenvalue weighted by Gasteiger charge is -2.31. The molecule has 1 fully saturated rings. The normalized spacial score (nSPS) is 14.8. The van der Waals surface area contributed by atoms with Gasteiger partial charge in [-0.15, -0.1) is 0 Å². The quantitative estimate of drug-likeness (QED) is 0.476. The first-order valence-corrected chi connectivity index (χ1v) is 11.3. The Bertz CT molecular complexity index is 1110. The lowest BCUT2D eigenvalue weighted by molar-refractivity contribution is 0.0816. The van der Waals surface area contributed by atoms with Gasteiger partial charge in [0, 0.05) is 62.8 Å². The van der Waals surface area contributed by atoms with Gasteiger partial charge in [-0.05, 0) is 32.8 Å². The van der Waals surface area contributed by atoms with Crippen LogP contribution in [0.5, 0.6) is 0 Å². The fraction of sp³-hybridized carbons (Fsp3) is 0.478. The van der Waals surface area contributed by atoms with E-state index in [0.29, 0.717) is 29.3 Å². The molecule has 10 heteroatoms. The summed E-state index contributed by atoms with van der Waals surface area (Å²) >= 11 is 0. The van der Waals surface area contributed by atoms with Crippen LogP contribution in [-0.4, -0.2) is 70.0 Å². The van der Waals surface area contributed by atoms with Crippen LogP contribution in [0.25, 0.3) is 10.9 Å². The van der Waals surface area contributed by atoms with Crippen molar-refractivity contribution in [3.05, 3.63) is 36.3 Å². The fourth-order valence-electron chi connectivity index (χ4n) is 4.08. The summed E-state index contributed by atoms with van der Waals surface area (Å²) in [4.78, 5) is 28.3. The summed E-state index contributed by atoms with van der Waals surface area (Å²) in [6.45, 7) is 5.94. The molecule has 1 aliphatic rings. The van der Waals surface area contributed by atoms with Gasteiger partial charge in [-0.1, -0.05) is 0 Å². The number of nitrogens with one attached hydrogen (secondary N) is 2. The topological polar surface area (TPSA) is 117 Å². The molecule has 4 heterocycles. The number of carbonyl (C=O) groups excluding carboxylic acids is 1. The van der Waals surface area contributed by atoms with E-state index in [1.54, 1.807) is 19.5 Å². The van der Waals surface area contributed by atoms with Gasteiger partial charge in [-0.2, -0.15) is 4.98 Å². The van der Waals surface area contributed by atoms with Gasteiger partial charge in [0.05, 0.1) is 23.8 Å². The van der Waals surface area contributed by atoms with Crippen molar-refractivity contribution < 1.29 is 14.6 Å². The second-order valence-electron chi connectivity index (χ2n) is 8.40. The maximum absolute atomic E-state index is 12.5. The van der Waals surface area contributed by atoms with E-state index in [0.717, 1.165) is 36.8 Å².